The van der Waals surface area contributed by atoms with Crippen molar-refractivity contribution in [3.8, 4) is 0 Å². The standard InChI is InChI=1S/C16H18N2O2/c1-20-11-16(19)18-8-6-12(7-9-18)14-10-17-15-5-3-2-4-13(14)15/h2-6,10,17H,7-9,11H2,1H3. The Morgan fingerprint density at radius 1 is 1.40 bits per heavy atom. The van der Waals surface area contributed by atoms with Crippen LogP contribution in [0.15, 0.2) is 36.5 Å². The maximum Gasteiger partial charge on any atom is 0.248 e. The Labute approximate surface area is 118 Å². The summed E-state index contributed by atoms with van der Waals surface area (Å²) in [5, 5.41) is 1.25. The molecule has 3 rings (SSSR count). The Kier molecular flexibility index (Phi) is 3.56. The molecule has 0 spiro atoms. The van der Waals surface area contributed by atoms with E-state index in [1.807, 2.05) is 11.0 Å². The van der Waals surface area contributed by atoms with Crippen LogP contribution in [0.4, 0.5) is 0 Å². The van der Waals surface area contributed by atoms with E-state index in [1.54, 1.807) is 7.11 Å². The number of amides is 1. The second-order valence-corrected chi connectivity index (χ2v) is 5.00. The van der Waals surface area contributed by atoms with Crippen molar-refractivity contribution in [1.82, 2.24) is 9.88 Å². The Morgan fingerprint density at radius 2 is 2.25 bits per heavy atom. The first-order valence-corrected chi connectivity index (χ1v) is 6.82. The molecule has 0 fully saturated rings. The average Bonchev–Trinajstić information content (AvgIpc) is 2.92. The summed E-state index contributed by atoms with van der Waals surface area (Å²) in [4.78, 5) is 16.9. The van der Waals surface area contributed by atoms with E-state index in [2.05, 4.69) is 35.5 Å². The van der Waals surface area contributed by atoms with Gasteiger partial charge in [-0.3, -0.25) is 4.79 Å². The molecule has 0 saturated carbocycles. The average molecular weight is 270 g/mol. The molecule has 0 aliphatic carbocycles. The summed E-state index contributed by atoms with van der Waals surface area (Å²) in [5.41, 5.74) is 3.71. The Morgan fingerprint density at radius 3 is 3.00 bits per heavy atom. The highest BCUT2D eigenvalue weighted by molar-refractivity contribution is 5.93. The first-order chi connectivity index (χ1) is 9.79. The van der Waals surface area contributed by atoms with Crippen LogP contribution in [0.2, 0.25) is 0 Å². The van der Waals surface area contributed by atoms with Crippen LogP contribution in [0, 0.1) is 0 Å². The number of carbonyl (C=O) groups is 1. The highest BCUT2D eigenvalue weighted by atomic mass is 16.5. The van der Waals surface area contributed by atoms with Gasteiger partial charge in [-0.2, -0.15) is 0 Å². The SMILES string of the molecule is COCC(=O)N1CC=C(c2c[nH]c3ccccc23)CC1. The zero-order valence-corrected chi connectivity index (χ0v) is 11.6. The normalized spacial score (nSPS) is 15.4. The molecule has 2 heterocycles. The van der Waals surface area contributed by atoms with Gasteiger partial charge in [-0.1, -0.05) is 24.3 Å². The highest BCUT2D eigenvalue weighted by Crippen LogP contribution is 2.29. The summed E-state index contributed by atoms with van der Waals surface area (Å²) in [6.45, 7) is 1.58. The smallest absolute Gasteiger partial charge is 0.248 e. The third-order valence-electron chi connectivity index (χ3n) is 3.76. The van der Waals surface area contributed by atoms with Crippen LogP contribution >= 0.6 is 0 Å². The van der Waals surface area contributed by atoms with Gasteiger partial charge < -0.3 is 14.6 Å². The molecule has 0 unspecified atom stereocenters. The summed E-state index contributed by atoms with van der Waals surface area (Å²) in [6, 6.07) is 8.29. The largest absolute Gasteiger partial charge is 0.375 e. The fourth-order valence-corrected chi connectivity index (χ4v) is 2.69. The van der Waals surface area contributed by atoms with Crippen LogP contribution < -0.4 is 0 Å². The number of carbonyl (C=O) groups excluding carboxylic acids is 1. The number of H-pyrrole nitrogens is 1. The molecule has 1 amide bonds. The lowest BCUT2D eigenvalue weighted by atomic mass is 9.99. The first kappa shape index (κ1) is 12.9. The van der Waals surface area contributed by atoms with Crippen LogP contribution in [0.5, 0.6) is 0 Å². The molecule has 0 bridgehead atoms. The molecule has 0 radical (unpaired) electrons. The van der Waals surface area contributed by atoms with Crippen molar-refractivity contribution < 1.29 is 9.53 Å². The number of aromatic nitrogens is 1. The van der Waals surface area contributed by atoms with Gasteiger partial charge in [0.05, 0.1) is 0 Å². The van der Waals surface area contributed by atoms with Gasteiger partial charge in [0.25, 0.3) is 0 Å². The predicted molar refractivity (Wildman–Crippen MR) is 79.3 cm³/mol. The summed E-state index contributed by atoms with van der Waals surface area (Å²) < 4.78 is 4.90. The quantitative estimate of drug-likeness (QED) is 0.931. The van der Waals surface area contributed by atoms with E-state index in [9.17, 15) is 4.79 Å². The number of nitrogens with one attached hydrogen (secondary N) is 1. The van der Waals surface area contributed by atoms with E-state index in [-0.39, 0.29) is 12.5 Å². The molecule has 1 aliphatic heterocycles. The molecule has 0 atom stereocenters. The van der Waals surface area contributed by atoms with Crippen molar-refractivity contribution in [3.63, 3.8) is 0 Å². The van der Waals surface area contributed by atoms with Crippen molar-refractivity contribution in [1.29, 1.82) is 0 Å². The second-order valence-electron chi connectivity index (χ2n) is 5.00. The van der Waals surface area contributed by atoms with Crippen LogP contribution in [0.1, 0.15) is 12.0 Å². The van der Waals surface area contributed by atoms with Crippen molar-refractivity contribution in [3.05, 3.63) is 42.1 Å². The van der Waals surface area contributed by atoms with E-state index in [0.717, 1.165) is 18.5 Å². The van der Waals surface area contributed by atoms with E-state index < -0.39 is 0 Å². The Hall–Kier alpha value is -2.07. The number of aromatic amines is 1. The maximum absolute atomic E-state index is 11.8. The molecule has 4 nitrogen and oxygen atoms in total. The number of hydrogen-bond donors (Lipinski definition) is 1. The van der Waals surface area contributed by atoms with Crippen molar-refractivity contribution in [2.45, 2.75) is 6.42 Å². The molecule has 1 aliphatic rings. The third kappa shape index (κ3) is 2.34. The van der Waals surface area contributed by atoms with Crippen LogP contribution in [0.25, 0.3) is 16.5 Å². The molecular formula is C16H18N2O2. The lowest BCUT2D eigenvalue weighted by molar-refractivity contribution is -0.134. The summed E-state index contributed by atoms with van der Waals surface area (Å²) >= 11 is 0. The number of methoxy groups -OCH3 is 1. The van der Waals surface area contributed by atoms with Gasteiger partial charge in [-0.25, -0.2) is 0 Å². The van der Waals surface area contributed by atoms with Gasteiger partial charge >= 0.3 is 0 Å². The van der Waals surface area contributed by atoms with Crippen LogP contribution in [-0.2, 0) is 9.53 Å². The number of rotatable bonds is 3. The third-order valence-corrected chi connectivity index (χ3v) is 3.76. The monoisotopic (exact) mass is 270 g/mol. The molecule has 1 aromatic carbocycles. The van der Waals surface area contributed by atoms with Crippen molar-refractivity contribution in [2.24, 2.45) is 0 Å². The van der Waals surface area contributed by atoms with E-state index in [1.165, 1.54) is 16.5 Å². The minimum Gasteiger partial charge on any atom is -0.375 e. The number of benzene rings is 1. The molecule has 1 aromatic heterocycles. The van der Waals surface area contributed by atoms with Gasteiger partial charge in [0, 0.05) is 42.9 Å². The van der Waals surface area contributed by atoms with E-state index in [4.69, 9.17) is 4.74 Å². The highest BCUT2D eigenvalue weighted by Gasteiger charge is 2.18. The topological polar surface area (TPSA) is 45.3 Å². The number of ether oxygens (including phenoxy) is 1. The Balaban J connectivity index is 1.81. The van der Waals surface area contributed by atoms with E-state index in [0.29, 0.717) is 6.54 Å². The number of para-hydroxylation sites is 1. The second kappa shape index (κ2) is 5.51. The molecular weight excluding hydrogens is 252 g/mol. The summed E-state index contributed by atoms with van der Waals surface area (Å²) in [6.07, 6.45) is 5.09. The Bertz CT molecular complexity index is 657. The number of fused-ring (bicyclic) bond motifs is 1. The van der Waals surface area contributed by atoms with Crippen molar-refractivity contribution in [2.75, 3.05) is 26.8 Å². The first-order valence-electron chi connectivity index (χ1n) is 6.82. The molecule has 20 heavy (non-hydrogen) atoms. The molecule has 104 valence electrons. The summed E-state index contributed by atoms with van der Waals surface area (Å²) in [5.74, 6) is 0.0572. The maximum atomic E-state index is 11.8. The fourth-order valence-electron chi connectivity index (χ4n) is 2.69. The van der Waals surface area contributed by atoms with Gasteiger partial charge in [-0.15, -0.1) is 0 Å². The summed E-state index contributed by atoms with van der Waals surface area (Å²) in [7, 11) is 1.55. The zero-order chi connectivity index (χ0) is 13.9. The van der Waals surface area contributed by atoms with Crippen molar-refractivity contribution >= 4 is 22.4 Å². The predicted octanol–water partition coefficient (Wildman–Crippen LogP) is 2.43. The lowest BCUT2D eigenvalue weighted by Crippen LogP contribution is -2.36. The molecule has 4 heteroatoms. The van der Waals surface area contributed by atoms with Crippen LogP contribution in [-0.4, -0.2) is 42.6 Å². The van der Waals surface area contributed by atoms with Gasteiger partial charge in [0.2, 0.25) is 5.91 Å². The number of nitrogens with zero attached hydrogens (tertiary/aromatic N) is 1. The van der Waals surface area contributed by atoms with E-state index >= 15 is 0 Å². The molecule has 1 N–H and O–H groups in total. The van der Waals surface area contributed by atoms with Gasteiger partial charge in [0.1, 0.15) is 6.61 Å². The minimum absolute atomic E-state index is 0.0572. The van der Waals surface area contributed by atoms with Gasteiger partial charge in [-0.05, 0) is 18.1 Å². The molecule has 2 aromatic rings. The minimum atomic E-state index is 0.0572. The zero-order valence-electron chi connectivity index (χ0n) is 11.6. The number of hydrogen-bond acceptors (Lipinski definition) is 2. The lowest BCUT2D eigenvalue weighted by Gasteiger charge is -2.26. The fraction of sp³-hybridized carbons (Fsp3) is 0.312. The molecule has 0 saturated heterocycles. The van der Waals surface area contributed by atoms with Crippen LogP contribution in [0.3, 0.4) is 0 Å². The van der Waals surface area contributed by atoms with Gasteiger partial charge in [0.15, 0.2) is 0 Å².